The molecule has 1 unspecified atom stereocenters. The maximum Gasteiger partial charge on any atom is 0.326 e. The van der Waals surface area contributed by atoms with Crippen LogP contribution < -0.4 is 20.1 Å². The van der Waals surface area contributed by atoms with Crippen LogP contribution in [-0.4, -0.2) is 37.2 Å². The fraction of sp³-hybridized carbons (Fsp3) is 0.190. The molecule has 1 aromatic heterocycles. The number of carbonyl (C=O) groups excluding carboxylic acids is 3. The fourth-order valence-corrected chi connectivity index (χ4v) is 4.34. The summed E-state index contributed by atoms with van der Waals surface area (Å²) in [5.41, 5.74) is 0.477. The van der Waals surface area contributed by atoms with E-state index >= 15 is 0 Å². The molecular weight excluding hydrogens is 444 g/mol. The molecule has 0 saturated carbocycles. The number of halogens is 1. The molecule has 0 spiro atoms. The first-order valence-corrected chi connectivity index (χ1v) is 10.5. The minimum absolute atomic E-state index is 0.124. The van der Waals surface area contributed by atoms with Crippen LogP contribution in [0.15, 0.2) is 42.5 Å². The monoisotopic (exact) mass is 460 g/mol. The number of carbonyl (C=O) groups is 3. The first-order chi connectivity index (χ1) is 14.9. The maximum atomic E-state index is 12.4. The van der Waals surface area contributed by atoms with Crippen molar-refractivity contribution in [1.82, 2.24) is 5.32 Å². The van der Waals surface area contributed by atoms with Gasteiger partial charge >= 0.3 is 5.97 Å². The molecule has 1 aliphatic rings. The number of anilines is 1. The molecule has 31 heavy (non-hydrogen) atoms. The van der Waals surface area contributed by atoms with Crippen molar-refractivity contribution in [2.24, 2.45) is 0 Å². The van der Waals surface area contributed by atoms with Crippen molar-refractivity contribution >= 4 is 56.5 Å². The molecule has 8 nitrogen and oxygen atoms in total. The van der Waals surface area contributed by atoms with Gasteiger partial charge in [-0.25, -0.2) is 0 Å². The first-order valence-electron chi connectivity index (χ1n) is 9.27. The van der Waals surface area contributed by atoms with Crippen molar-refractivity contribution in [2.45, 2.75) is 13.0 Å². The number of fused-ring (bicyclic) bond motifs is 2. The van der Waals surface area contributed by atoms with Gasteiger partial charge in [-0.05, 0) is 25.1 Å². The first kappa shape index (κ1) is 21.0. The molecule has 0 aliphatic carbocycles. The van der Waals surface area contributed by atoms with Gasteiger partial charge in [-0.1, -0.05) is 29.8 Å². The van der Waals surface area contributed by atoms with E-state index in [1.54, 1.807) is 18.2 Å². The highest BCUT2D eigenvalue weighted by Gasteiger charge is 2.21. The van der Waals surface area contributed by atoms with Crippen LogP contribution in [0.25, 0.3) is 10.1 Å². The number of amides is 2. The second-order valence-corrected chi connectivity index (χ2v) is 8.04. The highest BCUT2D eigenvalue weighted by Crippen LogP contribution is 2.35. The lowest BCUT2D eigenvalue weighted by Gasteiger charge is -2.14. The summed E-state index contributed by atoms with van der Waals surface area (Å²) in [7, 11) is 0. The second kappa shape index (κ2) is 8.83. The van der Waals surface area contributed by atoms with E-state index in [0.717, 1.165) is 10.1 Å². The van der Waals surface area contributed by atoms with Gasteiger partial charge in [-0.3, -0.25) is 14.4 Å². The number of benzene rings is 2. The number of ether oxygens (including phenoxy) is 3. The zero-order valence-electron chi connectivity index (χ0n) is 16.3. The number of hydrogen-bond donors (Lipinski definition) is 2. The normalized spacial score (nSPS) is 13.0. The van der Waals surface area contributed by atoms with Crippen molar-refractivity contribution in [1.29, 1.82) is 0 Å². The van der Waals surface area contributed by atoms with E-state index in [2.05, 4.69) is 10.6 Å². The van der Waals surface area contributed by atoms with E-state index in [1.165, 1.54) is 18.3 Å². The van der Waals surface area contributed by atoms with Crippen LogP contribution in [0.2, 0.25) is 5.02 Å². The van der Waals surface area contributed by atoms with E-state index in [9.17, 15) is 14.4 Å². The molecule has 2 amide bonds. The molecule has 0 bridgehead atoms. The minimum atomic E-state index is -1.07. The summed E-state index contributed by atoms with van der Waals surface area (Å²) in [6.45, 7) is 1.16. The predicted molar refractivity (Wildman–Crippen MR) is 116 cm³/mol. The van der Waals surface area contributed by atoms with Crippen LogP contribution >= 0.6 is 22.9 Å². The highest BCUT2D eigenvalue weighted by atomic mass is 35.5. The lowest BCUT2D eigenvalue weighted by Crippen LogP contribution is -2.35. The average molecular weight is 461 g/mol. The third-order valence-corrected chi connectivity index (χ3v) is 6.13. The van der Waals surface area contributed by atoms with E-state index in [0.29, 0.717) is 27.1 Å². The number of hydrogen-bond acceptors (Lipinski definition) is 7. The molecule has 160 valence electrons. The molecule has 1 atom stereocenters. The van der Waals surface area contributed by atoms with Gasteiger partial charge in [-0.15, -0.1) is 11.3 Å². The Labute approximate surface area is 186 Å². The second-order valence-electron chi connectivity index (χ2n) is 6.61. The van der Waals surface area contributed by atoms with Crippen LogP contribution in [0.5, 0.6) is 11.5 Å². The zero-order chi connectivity index (χ0) is 22.0. The van der Waals surface area contributed by atoms with Gasteiger partial charge in [0.25, 0.3) is 11.8 Å². The van der Waals surface area contributed by atoms with Gasteiger partial charge in [0, 0.05) is 21.8 Å². The largest absolute Gasteiger partial charge is 0.454 e. The van der Waals surface area contributed by atoms with Gasteiger partial charge in [0.1, 0.15) is 11.4 Å². The molecule has 0 radical (unpaired) electrons. The van der Waals surface area contributed by atoms with Gasteiger partial charge in [0.2, 0.25) is 6.79 Å². The Hall–Kier alpha value is -3.30. The van der Waals surface area contributed by atoms with Crippen LogP contribution in [0, 0.1) is 0 Å². The highest BCUT2D eigenvalue weighted by molar-refractivity contribution is 7.21. The average Bonchev–Trinajstić information content (AvgIpc) is 3.36. The summed E-state index contributed by atoms with van der Waals surface area (Å²) < 4.78 is 16.4. The number of esters is 1. The van der Waals surface area contributed by atoms with E-state index < -0.39 is 30.4 Å². The number of rotatable bonds is 6. The van der Waals surface area contributed by atoms with Gasteiger partial charge < -0.3 is 24.8 Å². The zero-order valence-corrected chi connectivity index (χ0v) is 17.8. The lowest BCUT2D eigenvalue weighted by atomic mass is 10.2. The van der Waals surface area contributed by atoms with Crippen molar-refractivity contribution in [3.8, 4) is 11.5 Å². The van der Waals surface area contributed by atoms with Crippen molar-refractivity contribution in [2.75, 3.05) is 18.7 Å². The molecule has 0 saturated heterocycles. The van der Waals surface area contributed by atoms with Gasteiger partial charge in [0.05, 0.1) is 5.02 Å². The van der Waals surface area contributed by atoms with E-state index in [4.69, 9.17) is 25.8 Å². The van der Waals surface area contributed by atoms with Crippen molar-refractivity contribution in [3.05, 3.63) is 52.4 Å². The van der Waals surface area contributed by atoms with Crippen LogP contribution in [0.3, 0.4) is 0 Å². The van der Waals surface area contributed by atoms with Gasteiger partial charge in [-0.2, -0.15) is 0 Å². The smallest absolute Gasteiger partial charge is 0.326 e. The summed E-state index contributed by atoms with van der Waals surface area (Å²) in [6.07, 6.45) is -1.07. The lowest BCUT2D eigenvalue weighted by molar-refractivity contribution is -0.152. The van der Waals surface area contributed by atoms with Crippen molar-refractivity contribution in [3.63, 3.8) is 0 Å². The third-order valence-electron chi connectivity index (χ3n) is 4.45. The van der Waals surface area contributed by atoms with E-state index in [-0.39, 0.29) is 6.79 Å². The van der Waals surface area contributed by atoms with Crippen LogP contribution in [0.4, 0.5) is 5.69 Å². The molecule has 2 heterocycles. The molecular formula is C21H17ClN2O6S. The van der Waals surface area contributed by atoms with Crippen molar-refractivity contribution < 1.29 is 28.6 Å². The van der Waals surface area contributed by atoms with Gasteiger partial charge in [0.15, 0.2) is 17.6 Å². The topological polar surface area (TPSA) is 103 Å². The Morgan fingerprint density at radius 1 is 1.16 bits per heavy atom. The Morgan fingerprint density at radius 3 is 2.74 bits per heavy atom. The molecule has 0 fully saturated rings. The summed E-state index contributed by atoms with van der Waals surface area (Å²) in [6, 6.07) is 12.3. The van der Waals surface area contributed by atoms with Crippen LogP contribution in [0.1, 0.15) is 16.6 Å². The molecule has 2 aromatic carbocycles. The maximum absolute atomic E-state index is 12.4. The molecule has 1 aliphatic heterocycles. The van der Waals surface area contributed by atoms with Crippen LogP contribution in [-0.2, 0) is 14.3 Å². The Balaban J connectivity index is 1.29. The Morgan fingerprint density at radius 2 is 1.94 bits per heavy atom. The Bertz CT molecular complexity index is 1180. The predicted octanol–water partition coefficient (Wildman–Crippen LogP) is 3.58. The summed E-state index contributed by atoms with van der Waals surface area (Å²) >= 11 is 7.50. The summed E-state index contributed by atoms with van der Waals surface area (Å²) in [4.78, 5) is 37.1. The minimum Gasteiger partial charge on any atom is -0.454 e. The molecule has 2 N–H and O–H groups in total. The molecule has 4 rings (SSSR count). The third kappa shape index (κ3) is 4.57. The SMILES string of the molecule is CC(OC(=O)CNC(=O)c1sc2ccccc2c1Cl)C(=O)Nc1ccc2c(c1)OCO2. The molecule has 3 aromatic rings. The van der Waals surface area contributed by atoms with E-state index in [1.807, 2.05) is 24.3 Å². The summed E-state index contributed by atoms with van der Waals surface area (Å²) in [5, 5.41) is 6.22. The standard InChI is InChI=1S/C21H17ClN2O6S/c1-11(20(26)24-12-6-7-14-15(8-12)29-10-28-14)30-17(25)9-23-21(27)19-18(22)13-4-2-3-5-16(13)31-19/h2-8,11H,9-10H2,1H3,(H,23,27)(H,24,26). The quantitative estimate of drug-likeness (QED) is 0.545. The Kier molecular flexibility index (Phi) is 5.97. The summed E-state index contributed by atoms with van der Waals surface area (Å²) in [5.74, 6) is -0.650. The number of nitrogens with one attached hydrogen (secondary N) is 2. The fourth-order valence-electron chi connectivity index (χ4n) is 2.90. The molecule has 10 heteroatoms. The number of thiophene rings is 1.